The van der Waals surface area contributed by atoms with Crippen LogP contribution in [0.1, 0.15) is 25.7 Å². The zero-order valence-corrected chi connectivity index (χ0v) is 11.4. The molecule has 0 aliphatic rings. The molecule has 1 N–H and O–H groups in total. The Morgan fingerprint density at radius 2 is 2.00 bits per heavy atom. The molecule has 0 bridgehead atoms. The van der Waals surface area contributed by atoms with Gasteiger partial charge in [0.15, 0.2) is 0 Å². The summed E-state index contributed by atoms with van der Waals surface area (Å²) in [7, 11) is 0. The molecule has 1 aromatic carbocycles. The maximum atomic E-state index is 11.5. The van der Waals surface area contributed by atoms with E-state index in [0.717, 1.165) is 30.3 Å². The number of unbranched alkanes of at least 4 members (excludes halogenated alkanes) is 2. The predicted octanol–water partition coefficient (Wildman–Crippen LogP) is 2.79. The van der Waals surface area contributed by atoms with Gasteiger partial charge in [0.05, 0.1) is 0 Å². The van der Waals surface area contributed by atoms with Gasteiger partial charge in [0.1, 0.15) is 0 Å². The van der Waals surface area contributed by atoms with Crippen molar-refractivity contribution in [1.82, 2.24) is 0 Å². The third kappa shape index (κ3) is 6.78. The quantitative estimate of drug-likeness (QED) is 0.621. The molecule has 0 heterocycles. The molecule has 1 aromatic rings. The van der Waals surface area contributed by atoms with Crippen LogP contribution in [0.15, 0.2) is 30.3 Å². The van der Waals surface area contributed by atoms with E-state index in [4.69, 9.17) is 5.26 Å². The second-order valence-electron chi connectivity index (χ2n) is 3.66. The molecular formula is C13H16N2OSe. The minimum atomic E-state index is 0.0713. The van der Waals surface area contributed by atoms with Crippen LogP contribution in [0.3, 0.4) is 0 Å². The monoisotopic (exact) mass is 296 g/mol. The van der Waals surface area contributed by atoms with Gasteiger partial charge in [0.25, 0.3) is 0 Å². The first-order valence-corrected chi connectivity index (χ1v) is 7.75. The summed E-state index contributed by atoms with van der Waals surface area (Å²) in [6, 6.07) is 9.49. The third-order valence-electron chi connectivity index (χ3n) is 2.27. The number of benzene rings is 1. The normalized spacial score (nSPS) is 9.59. The second kappa shape index (κ2) is 8.81. The first-order valence-electron chi connectivity index (χ1n) is 5.68. The molecule has 0 saturated carbocycles. The van der Waals surface area contributed by atoms with Crippen LogP contribution in [0, 0.1) is 10.2 Å². The number of para-hydroxylation sites is 1. The summed E-state index contributed by atoms with van der Waals surface area (Å²) in [5, 5.41) is 12.2. The number of hydrogen-bond donors (Lipinski definition) is 1. The van der Waals surface area contributed by atoms with Crippen molar-refractivity contribution < 1.29 is 4.79 Å². The molecule has 3 nitrogen and oxygen atoms in total. The van der Waals surface area contributed by atoms with Crippen molar-refractivity contribution in [2.45, 2.75) is 31.0 Å². The summed E-state index contributed by atoms with van der Waals surface area (Å²) in [4.78, 5) is 13.7. The molecule has 0 unspecified atom stereocenters. The van der Waals surface area contributed by atoms with Gasteiger partial charge in [-0.25, -0.2) is 0 Å². The number of hydrogen-bond acceptors (Lipinski definition) is 2. The Balaban J connectivity index is 2.08. The van der Waals surface area contributed by atoms with Crippen molar-refractivity contribution in [3.63, 3.8) is 0 Å². The van der Waals surface area contributed by atoms with E-state index in [9.17, 15) is 4.79 Å². The Hall–Kier alpha value is -1.30. The summed E-state index contributed by atoms with van der Waals surface area (Å²) in [6.45, 7) is 0. The van der Waals surface area contributed by atoms with Gasteiger partial charge in [-0.2, -0.15) is 0 Å². The molecule has 0 aromatic heterocycles. The third-order valence-corrected chi connectivity index (χ3v) is 3.58. The fourth-order valence-corrected chi connectivity index (χ4v) is 2.35. The summed E-state index contributed by atoms with van der Waals surface area (Å²) in [5.74, 6) is 0.0713. The Morgan fingerprint density at radius 3 is 2.71 bits per heavy atom. The van der Waals surface area contributed by atoms with Crippen LogP contribution in [-0.4, -0.2) is 20.9 Å². The van der Waals surface area contributed by atoms with E-state index in [1.165, 1.54) is 0 Å². The van der Waals surface area contributed by atoms with E-state index < -0.39 is 0 Å². The molecule has 0 aliphatic carbocycles. The van der Waals surface area contributed by atoms with E-state index >= 15 is 0 Å². The molecule has 0 aliphatic heterocycles. The molecule has 0 spiro atoms. The molecular weight excluding hydrogens is 279 g/mol. The molecule has 4 heteroatoms. The topological polar surface area (TPSA) is 52.9 Å². The van der Waals surface area contributed by atoms with E-state index in [1.807, 2.05) is 30.3 Å². The van der Waals surface area contributed by atoms with Crippen LogP contribution in [0.2, 0.25) is 5.32 Å². The minimum absolute atomic E-state index is 0.0713. The van der Waals surface area contributed by atoms with Crippen molar-refractivity contribution in [2.24, 2.45) is 0 Å². The first kappa shape index (κ1) is 13.8. The summed E-state index contributed by atoms with van der Waals surface area (Å²) in [6.07, 6.45) is 3.56. The molecule has 17 heavy (non-hydrogen) atoms. The van der Waals surface area contributed by atoms with E-state index in [0.29, 0.717) is 6.42 Å². The molecule has 0 radical (unpaired) electrons. The maximum absolute atomic E-state index is 11.5. The summed E-state index contributed by atoms with van der Waals surface area (Å²) >= 11 is 0.131. The van der Waals surface area contributed by atoms with Gasteiger partial charge in [0.2, 0.25) is 0 Å². The number of nitrogens with zero attached hydrogens (tertiary/aromatic N) is 1. The predicted molar refractivity (Wildman–Crippen MR) is 69.7 cm³/mol. The van der Waals surface area contributed by atoms with E-state index in [-0.39, 0.29) is 20.9 Å². The molecule has 1 amide bonds. The van der Waals surface area contributed by atoms with Crippen LogP contribution in [-0.2, 0) is 4.79 Å². The average Bonchev–Trinajstić information content (AvgIpc) is 2.35. The number of anilines is 1. The molecule has 90 valence electrons. The Labute approximate surface area is 108 Å². The standard InChI is InChI=1S/C13H16N2OSe/c14-11-17-10-6-2-5-9-13(16)15-12-7-3-1-4-8-12/h1,3-4,7-8H,2,5-6,9-10H2,(H,15,16). The molecule has 0 atom stereocenters. The van der Waals surface area contributed by atoms with E-state index in [1.54, 1.807) is 0 Å². The van der Waals surface area contributed by atoms with Crippen molar-refractivity contribution in [3.05, 3.63) is 30.3 Å². The van der Waals surface area contributed by atoms with Crippen molar-refractivity contribution in [1.29, 1.82) is 5.26 Å². The van der Waals surface area contributed by atoms with Gasteiger partial charge in [-0.3, -0.25) is 0 Å². The molecule has 0 fully saturated rings. The zero-order chi connectivity index (χ0) is 12.3. The van der Waals surface area contributed by atoms with Crippen molar-refractivity contribution in [3.8, 4) is 4.97 Å². The Kier molecular flexibility index (Phi) is 7.13. The summed E-state index contributed by atoms with van der Waals surface area (Å²) < 4.78 is 0. The number of carbonyl (C=O) groups is 1. The van der Waals surface area contributed by atoms with Gasteiger partial charge < -0.3 is 0 Å². The van der Waals surface area contributed by atoms with Gasteiger partial charge in [-0.1, -0.05) is 0 Å². The van der Waals surface area contributed by atoms with Crippen molar-refractivity contribution >= 4 is 26.6 Å². The Morgan fingerprint density at radius 1 is 1.24 bits per heavy atom. The van der Waals surface area contributed by atoms with Crippen LogP contribution in [0.4, 0.5) is 5.69 Å². The average molecular weight is 295 g/mol. The Bertz CT molecular complexity index is 373. The number of nitrogens with one attached hydrogen (secondary N) is 1. The fourth-order valence-electron chi connectivity index (χ4n) is 1.43. The molecule has 0 saturated heterocycles. The van der Waals surface area contributed by atoms with Crippen molar-refractivity contribution in [2.75, 3.05) is 5.32 Å². The number of nitriles is 1. The first-order chi connectivity index (χ1) is 8.33. The SMILES string of the molecule is N#C[Se]CCCCCC(=O)Nc1ccccc1. The zero-order valence-electron chi connectivity index (χ0n) is 9.69. The van der Waals surface area contributed by atoms with Gasteiger partial charge >= 0.3 is 108 Å². The van der Waals surface area contributed by atoms with Crippen LogP contribution >= 0.6 is 0 Å². The van der Waals surface area contributed by atoms with Gasteiger partial charge in [-0.05, 0) is 0 Å². The van der Waals surface area contributed by atoms with Gasteiger partial charge in [-0.15, -0.1) is 0 Å². The molecule has 1 rings (SSSR count). The van der Waals surface area contributed by atoms with Crippen LogP contribution in [0.5, 0.6) is 0 Å². The number of rotatable bonds is 7. The summed E-state index contributed by atoms with van der Waals surface area (Å²) in [5.41, 5.74) is 0.852. The second-order valence-corrected chi connectivity index (χ2v) is 5.51. The van der Waals surface area contributed by atoms with Crippen LogP contribution < -0.4 is 5.32 Å². The van der Waals surface area contributed by atoms with E-state index in [2.05, 4.69) is 10.3 Å². The van der Waals surface area contributed by atoms with Gasteiger partial charge in [0, 0.05) is 0 Å². The number of carbonyl (C=O) groups excluding carboxylic acids is 1. The van der Waals surface area contributed by atoms with Crippen LogP contribution in [0.25, 0.3) is 0 Å². The fraction of sp³-hybridized carbons (Fsp3) is 0.385. The number of amides is 1.